The van der Waals surface area contributed by atoms with Gasteiger partial charge in [0.05, 0.1) is 6.61 Å². The fourth-order valence-electron chi connectivity index (χ4n) is 1.58. The molecule has 0 saturated carbocycles. The number of ether oxygens (including phenoxy) is 1. The Hall–Kier alpha value is -1.03. The highest BCUT2D eigenvalue weighted by Gasteiger charge is 2.22. The van der Waals surface area contributed by atoms with Gasteiger partial charge in [0.25, 0.3) is 6.47 Å². The molecule has 1 rings (SSSR count). The summed E-state index contributed by atoms with van der Waals surface area (Å²) in [5.74, 6) is 0.612. The molecule has 140 valence electrons. The first kappa shape index (κ1) is 26.8. The maximum Gasteiger partial charge on any atom is 0.293 e. The third kappa shape index (κ3) is 23.4. The zero-order chi connectivity index (χ0) is 19.1. The molecule has 0 aromatic heterocycles. The van der Waals surface area contributed by atoms with Crippen LogP contribution in [0.2, 0.25) is 0 Å². The van der Waals surface area contributed by atoms with E-state index in [9.17, 15) is 4.79 Å². The Morgan fingerprint density at radius 3 is 2.00 bits per heavy atom. The summed E-state index contributed by atoms with van der Waals surface area (Å²) in [4.78, 5) is 11.5. The van der Waals surface area contributed by atoms with E-state index in [1.807, 2.05) is 13.8 Å². The Labute approximate surface area is 145 Å². The summed E-state index contributed by atoms with van der Waals surface area (Å²) < 4.78 is 4.15. The van der Waals surface area contributed by atoms with Gasteiger partial charge in [0, 0.05) is 24.8 Å². The lowest BCUT2D eigenvalue weighted by Crippen LogP contribution is -2.44. The van der Waals surface area contributed by atoms with E-state index >= 15 is 0 Å². The molecule has 0 aliphatic carbocycles. The number of rotatable bonds is 3. The lowest BCUT2D eigenvalue weighted by molar-refractivity contribution is -0.128. The van der Waals surface area contributed by atoms with Crippen molar-refractivity contribution in [2.45, 2.75) is 74.8 Å². The standard InChI is InChI=1S/C9H18N2.C5H12.C3H6O2.C2H6/c1-7(2)11-5-4-9(10)8(3)6-11;1-5(2,3)4;1-2-5-3-4;1-2/h8-9H,1,4-6,10H2,2-3H3;1-4H3;3H,2H2,1H3;1-2H3. The largest absolute Gasteiger partial charge is 0.468 e. The topological polar surface area (TPSA) is 55.6 Å². The average Bonchev–Trinajstić information content (AvgIpc) is 2.43. The highest BCUT2D eigenvalue weighted by Crippen LogP contribution is 2.17. The summed E-state index contributed by atoms with van der Waals surface area (Å²) >= 11 is 0. The first-order valence-electron chi connectivity index (χ1n) is 8.74. The van der Waals surface area contributed by atoms with Gasteiger partial charge in [-0.1, -0.05) is 55.0 Å². The van der Waals surface area contributed by atoms with Crippen LogP contribution in [0.5, 0.6) is 0 Å². The van der Waals surface area contributed by atoms with E-state index in [1.165, 1.54) is 5.70 Å². The number of nitrogens with two attached hydrogens (primary N) is 1. The van der Waals surface area contributed by atoms with Gasteiger partial charge >= 0.3 is 0 Å². The minimum absolute atomic E-state index is 0.394. The van der Waals surface area contributed by atoms with Crippen LogP contribution in [0.1, 0.15) is 68.7 Å². The Morgan fingerprint density at radius 1 is 1.35 bits per heavy atom. The molecule has 2 unspecified atom stereocenters. The van der Waals surface area contributed by atoms with Gasteiger partial charge in [-0.2, -0.15) is 0 Å². The van der Waals surface area contributed by atoms with Crippen LogP contribution in [0, 0.1) is 11.3 Å². The fourth-order valence-corrected chi connectivity index (χ4v) is 1.58. The van der Waals surface area contributed by atoms with E-state index in [-0.39, 0.29) is 0 Å². The highest BCUT2D eigenvalue weighted by molar-refractivity contribution is 5.36. The summed E-state index contributed by atoms with van der Waals surface area (Å²) in [5, 5.41) is 0. The predicted octanol–water partition coefficient (Wildman–Crippen LogP) is 4.45. The van der Waals surface area contributed by atoms with E-state index in [2.05, 4.69) is 57.8 Å². The zero-order valence-electron chi connectivity index (χ0n) is 17.1. The molecule has 1 saturated heterocycles. The number of carbonyl (C=O) groups excluding carboxylic acids is 1. The molecule has 0 radical (unpaired) electrons. The number of piperidine rings is 1. The van der Waals surface area contributed by atoms with Crippen molar-refractivity contribution >= 4 is 6.47 Å². The number of hydrogen-bond acceptors (Lipinski definition) is 4. The van der Waals surface area contributed by atoms with Crippen molar-refractivity contribution in [3.63, 3.8) is 0 Å². The van der Waals surface area contributed by atoms with E-state index in [0.717, 1.165) is 19.5 Å². The molecule has 0 amide bonds. The number of likely N-dealkylation sites (tertiary alicyclic amines) is 1. The minimum Gasteiger partial charge on any atom is -0.468 e. The minimum atomic E-state index is 0.394. The molecule has 23 heavy (non-hydrogen) atoms. The number of nitrogens with zero attached hydrogens (tertiary/aromatic N) is 1. The smallest absolute Gasteiger partial charge is 0.293 e. The molecular weight excluding hydrogens is 288 g/mol. The van der Waals surface area contributed by atoms with E-state index in [0.29, 0.717) is 30.5 Å². The van der Waals surface area contributed by atoms with Crippen LogP contribution in [-0.4, -0.2) is 37.1 Å². The molecule has 4 nitrogen and oxygen atoms in total. The van der Waals surface area contributed by atoms with Crippen molar-refractivity contribution in [2.75, 3.05) is 19.7 Å². The SMILES string of the molecule is C=C(C)N1CCC(N)C(C)C1.CC.CC(C)(C)C.CCOC=O. The van der Waals surface area contributed by atoms with Gasteiger partial charge in [-0.25, -0.2) is 0 Å². The second-order valence-corrected chi connectivity index (χ2v) is 7.16. The first-order valence-corrected chi connectivity index (χ1v) is 8.74. The van der Waals surface area contributed by atoms with Crippen molar-refractivity contribution in [2.24, 2.45) is 17.1 Å². The number of hydrogen-bond donors (Lipinski definition) is 1. The van der Waals surface area contributed by atoms with Gasteiger partial charge in [-0.05, 0) is 31.6 Å². The third-order valence-electron chi connectivity index (χ3n) is 2.75. The highest BCUT2D eigenvalue weighted by atomic mass is 16.5. The summed E-state index contributed by atoms with van der Waals surface area (Å²) in [7, 11) is 0. The molecule has 0 aromatic carbocycles. The molecule has 4 heteroatoms. The molecule has 2 N–H and O–H groups in total. The molecule has 1 fully saturated rings. The lowest BCUT2D eigenvalue weighted by atomic mass is 9.95. The maximum atomic E-state index is 9.18. The van der Waals surface area contributed by atoms with Gasteiger partial charge in [-0.15, -0.1) is 0 Å². The second kappa shape index (κ2) is 15.9. The summed E-state index contributed by atoms with van der Waals surface area (Å²) in [6.07, 6.45) is 1.11. The molecule has 1 heterocycles. The maximum absolute atomic E-state index is 9.18. The fraction of sp³-hybridized carbons (Fsp3) is 0.842. The Bertz CT molecular complexity index is 280. The molecule has 1 aliphatic heterocycles. The molecule has 0 bridgehead atoms. The number of carbonyl (C=O) groups is 1. The van der Waals surface area contributed by atoms with E-state index in [4.69, 9.17) is 5.73 Å². The van der Waals surface area contributed by atoms with Gasteiger partial charge in [0.15, 0.2) is 0 Å². The van der Waals surface area contributed by atoms with Gasteiger partial charge in [0.1, 0.15) is 0 Å². The quantitative estimate of drug-likeness (QED) is 0.777. The average molecular weight is 331 g/mol. The first-order chi connectivity index (χ1) is 10.5. The molecule has 0 spiro atoms. The predicted molar refractivity (Wildman–Crippen MR) is 102 cm³/mol. The van der Waals surface area contributed by atoms with E-state index < -0.39 is 0 Å². The van der Waals surface area contributed by atoms with Crippen LogP contribution in [-0.2, 0) is 9.53 Å². The van der Waals surface area contributed by atoms with Crippen LogP contribution in [0.3, 0.4) is 0 Å². The Kier molecular flexibility index (Phi) is 18.5. The van der Waals surface area contributed by atoms with E-state index in [1.54, 1.807) is 6.92 Å². The lowest BCUT2D eigenvalue weighted by Gasteiger charge is -2.36. The Balaban J connectivity index is -0.000000282. The van der Waals surface area contributed by atoms with Crippen LogP contribution >= 0.6 is 0 Å². The van der Waals surface area contributed by atoms with Crippen molar-refractivity contribution in [1.82, 2.24) is 4.90 Å². The monoisotopic (exact) mass is 330 g/mol. The summed E-state index contributed by atoms with van der Waals surface area (Å²) in [6.45, 7) is 25.8. The second-order valence-electron chi connectivity index (χ2n) is 7.16. The van der Waals surface area contributed by atoms with Crippen LogP contribution in [0.4, 0.5) is 0 Å². The van der Waals surface area contributed by atoms with Gasteiger partial charge in [0.2, 0.25) is 0 Å². The van der Waals surface area contributed by atoms with Crippen molar-refractivity contribution in [1.29, 1.82) is 0 Å². The molecule has 2 atom stereocenters. The van der Waals surface area contributed by atoms with Crippen LogP contribution in [0.15, 0.2) is 12.3 Å². The van der Waals surface area contributed by atoms with Crippen LogP contribution in [0.25, 0.3) is 0 Å². The van der Waals surface area contributed by atoms with Crippen molar-refractivity contribution < 1.29 is 9.53 Å². The number of allylic oxidation sites excluding steroid dienone is 1. The zero-order valence-corrected chi connectivity index (χ0v) is 17.1. The van der Waals surface area contributed by atoms with Gasteiger partial charge < -0.3 is 15.4 Å². The molecular formula is C19H42N2O2. The normalized spacial score (nSPS) is 19.7. The third-order valence-corrected chi connectivity index (χ3v) is 2.75. The van der Waals surface area contributed by atoms with Crippen molar-refractivity contribution in [3.8, 4) is 0 Å². The molecule has 1 aliphatic rings. The van der Waals surface area contributed by atoms with Crippen molar-refractivity contribution in [3.05, 3.63) is 12.3 Å². The Morgan fingerprint density at radius 2 is 1.78 bits per heavy atom. The van der Waals surface area contributed by atoms with Crippen LogP contribution < -0.4 is 5.73 Å². The summed E-state index contributed by atoms with van der Waals surface area (Å²) in [6, 6.07) is 0.394. The summed E-state index contributed by atoms with van der Waals surface area (Å²) in [5.41, 5.74) is 7.55. The van der Waals surface area contributed by atoms with Gasteiger partial charge in [-0.3, -0.25) is 4.79 Å². The molecule has 0 aromatic rings.